The molecule has 2 fully saturated rings. The number of aliphatic hydroxyl groups excluding tert-OH is 1. The predicted octanol–water partition coefficient (Wildman–Crippen LogP) is 1.53. The zero-order valence-corrected chi connectivity index (χ0v) is 12.8. The molecule has 0 aromatic carbocycles. The highest BCUT2D eigenvalue weighted by molar-refractivity contribution is 5.80. The van der Waals surface area contributed by atoms with Crippen LogP contribution in [0.15, 0.2) is 0 Å². The van der Waals surface area contributed by atoms with E-state index < -0.39 is 11.4 Å². The lowest BCUT2D eigenvalue weighted by Gasteiger charge is -2.30. The molecule has 2 N–H and O–H groups in total. The lowest BCUT2D eigenvalue weighted by Crippen LogP contribution is -2.46. The molecule has 0 bridgehead atoms. The first kappa shape index (κ1) is 16.1. The quantitative estimate of drug-likeness (QED) is 0.806. The fourth-order valence-corrected chi connectivity index (χ4v) is 3.55. The molecule has 2 amide bonds. The van der Waals surface area contributed by atoms with E-state index in [-0.39, 0.29) is 18.7 Å². The number of carbonyl (C=O) groups excluding carboxylic acids is 1. The van der Waals surface area contributed by atoms with E-state index in [4.69, 9.17) is 5.11 Å². The minimum absolute atomic E-state index is 0.0213. The number of hydrogen-bond donors (Lipinski definition) is 2. The van der Waals surface area contributed by atoms with Crippen molar-refractivity contribution in [3.63, 3.8) is 0 Å². The van der Waals surface area contributed by atoms with Crippen LogP contribution in [0.1, 0.15) is 45.4 Å². The summed E-state index contributed by atoms with van der Waals surface area (Å²) >= 11 is 0. The third kappa shape index (κ3) is 3.15. The van der Waals surface area contributed by atoms with Crippen molar-refractivity contribution in [3.8, 4) is 0 Å². The van der Waals surface area contributed by atoms with E-state index in [0.717, 1.165) is 25.8 Å². The van der Waals surface area contributed by atoms with E-state index >= 15 is 0 Å². The van der Waals surface area contributed by atoms with Gasteiger partial charge in [0, 0.05) is 32.3 Å². The summed E-state index contributed by atoms with van der Waals surface area (Å²) in [6, 6.07) is 0.179. The first-order valence-corrected chi connectivity index (χ1v) is 7.94. The van der Waals surface area contributed by atoms with E-state index in [1.165, 1.54) is 0 Å². The highest BCUT2D eigenvalue weighted by Crippen LogP contribution is 2.35. The van der Waals surface area contributed by atoms with E-state index in [1.807, 2.05) is 11.8 Å². The minimum atomic E-state index is -0.793. The monoisotopic (exact) mass is 298 g/mol. The molecule has 6 heteroatoms. The maximum absolute atomic E-state index is 12.6. The van der Waals surface area contributed by atoms with Crippen molar-refractivity contribution in [2.24, 2.45) is 5.41 Å². The lowest BCUT2D eigenvalue weighted by atomic mass is 9.84. The van der Waals surface area contributed by atoms with Gasteiger partial charge in [0.2, 0.25) is 0 Å². The van der Waals surface area contributed by atoms with Gasteiger partial charge in [0.05, 0.1) is 5.41 Å². The van der Waals surface area contributed by atoms with Crippen molar-refractivity contribution in [1.29, 1.82) is 0 Å². The summed E-state index contributed by atoms with van der Waals surface area (Å²) in [5, 5.41) is 18.4. The van der Waals surface area contributed by atoms with Gasteiger partial charge in [0.25, 0.3) is 0 Å². The first-order chi connectivity index (χ1) is 10.0. The SMILES string of the molecule is CCC1(C(=O)O)CCN(C(=O)N2CCCC2CCCO)C1. The number of aliphatic hydroxyl groups is 1. The van der Waals surface area contributed by atoms with Crippen LogP contribution < -0.4 is 0 Å². The Morgan fingerprint density at radius 1 is 1.33 bits per heavy atom. The highest BCUT2D eigenvalue weighted by Gasteiger charge is 2.46. The zero-order valence-electron chi connectivity index (χ0n) is 12.8. The molecular weight excluding hydrogens is 272 g/mol. The second-order valence-corrected chi connectivity index (χ2v) is 6.25. The summed E-state index contributed by atoms with van der Waals surface area (Å²) in [5.74, 6) is -0.793. The van der Waals surface area contributed by atoms with Gasteiger partial charge >= 0.3 is 12.0 Å². The largest absolute Gasteiger partial charge is 0.481 e. The fraction of sp³-hybridized carbons (Fsp3) is 0.867. The molecule has 2 saturated heterocycles. The highest BCUT2D eigenvalue weighted by atomic mass is 16.4. The summed E-state index contributed by atoms with van der Waals surface area (Å²) in [6.45, 7) is 3.63. The van der Waals surface area contributed by atoms with Gasteiger partial charge in [-0.05, 0) is 38.5 Å². The van der Waals surface area contributed by atoms with Crippen LogP contribution >= 0.6 is 0 Å². The van der Waals surface area contributed by atoms with Gasteiger partial charge in [-0.15, -0.1) is 0 Å². The van der Waals surface area contributed by atoms with Crippen LogP contribution in [-0.2, 0) is 4.79 Å². The standard InChI is InChI=1S/C15H26N2O4/c1-2-15(13(19)20)7-9-16(11-15)14(21)17-8-3-5-12(17)6-4-10-18/h12,18H,2-11H2,1H3,(H,19,20). The molecule has 6 nitrogen and oxygen atoms in total. The van der Waals surface area contributed by atoms with Crippen LogP contribution in [0.5, 0.6) is 0 Å². The van der Waals surface area contributed by atoms with Crippen molar-refractivity contribution in [1.82, 2.24) is 9.80 Å². The Balaban J connectivity index is 1.99. The van der Waals surface area contributed by atoms with Crippen molar-refractivity contribution in [3.05, 3.63) is 0 Å². The van der Waals surface area contributed by atoms with Crippen molar-refractivity contribution >= 4 is 12.0 Å². The summed E-state index contributed by atoms with van der Waals surface area (Å²) in [6.07, 6.45) is 4.61. The van der Waals surface area contributed by atoms with Crippen LogP contribution in [0.2, 0.25) is 0 Å². The number of amides is 2. The maximum Gasteiger partial charge on any atom is 0.320 e. The molecule has 2 aliphatic rings. The molecule has 0 spiro atoms. The second-order valence-electron chi connectivity index (χ2n) is 6.25. The van der Waals surface area contributed by atoms with Crippen LogP contribution in [0.4, 0.5) is 4.79 Å². The fourth-order valence-electron chi connectivity index (χ4n) is 3.55. The second kappa shape index (κ2) is 6.64. The van der Waals surface area contributed by atoms with Gasteiger partial charge in [-0.3, -0.25) is 4.79 Å². The average molecular weight is 298 g/mol. The smallest absolute Gasteiger partial charge is 0.320 e. The maximum atomic E-state index is 12.6. The molecule has 120 valence electrons. The molecule has 0 radical (unpaired) electrons. The number of urea groups is 1. The molecule has 0 aromatic heterocycles. The zero-order chi connectivity index (χ0) is 15.5. The molecule has 21 heavy (non-hydrogen) atoms. The molecule has 0 saturated carbocycles. The van der Waals surface area contributed by atoms with Gasteiger partial charge in [-0.2, -0.15) is 0 Å². The van der Waals surface area contributed by atoms with Gasteiger partial charge in [0.15, 0.2) is 0 Å². The number of aliphatic carboxylic acids is 1. The predicted molar refractivity (Wildman–Crippen MR) is 78.0 cm³/mol. The van der Waals surface area contributed by atoms with Crippen LogP contribution in [0.25, 0.3) is 0 Å². The molecular formula is C15H26N2O4. The molecule has 0 aromatic rings. The number of likely N-dealkylation sites (tertiary alicyclic amines) is 2. The summed E-state index contributed by atoms with van der Waals surface area (Å²) in [5.41, 5.74) is -0.768. The Bertz CT molecular complexity index is 401. The minimum Gasteiger partial charge on any atom is -0.481 e. The first-order valence-electron chi connectivity index (χ1n) is 7.94. The summed E-state index contributed by atoms with van der Waals surface area (Å²) in [7, 11) is 0. The van der Waals surface area contributed by atoms with Crippen LogP contribution in [0.3, 0.4) is 0 Å². The van der Waals surface area contributed by atoms with Gasteiger partial charge < -0.3 is 20.0 Å². The Morgan fingerprint density at radius 2 is 2.10 bits per heavy atom. The van der Waals surface area contributed by atoms with Gasteiger partial charge in [-0.1, -0.05) is 6.92 Å². The molecule has 2 rings (SSSR count). The topological polar surface area (TPSA) is 81.1 Å². The van der Waals surface area contributed by atoms with Crippen molar-refractivity contribution in [2.45, 2.75) is 51.5 Å². The Labute approximate surface area is 125 Å². The third-order valence-electron chi connectivity index (χ3n) is 5.07. The third-order valence-corrected chi connectivity index (χ3v) is 5.07. The van der Waals surface area contributed by atoms with Crippen LogP contribution in [-0.4, -0.2) is 64.3 Å². The normalized spacial score (nSPS) is 29.1. The molecule has 2 atom stereocenters. The van der Waals surface area contributed by atoms with Gasteiger partial charge in [0.1, 0.15) is 0 Å². The van der Waals surface area contributed by atoms with Crippen molar-refractivity contribution in [2.75, 3.05) is 26.2 Å². The Morgan fingerprint density at radius 3 is 2.67 bits per heavy atom. The average Bonchev–Trinajstić information content (AvgIpc) is 3.11. The van der Waals surface area contributed by atoms with Crippen LogP contribution in [0, 0.1) is 5.41 Å². The summed E-state index contributed by atoms with van der Waals surface area (Å²) in [4.78, 5) is 27.7. The Kier molecular flexibility index (Phi) is 5.08. The van der Waals surface area contributed by atoms with E-state index in [1.54, 1.807) is 4.90 Å². The molecule has 2 heterocycles. The number of carboxylic acids is 1. The number of rotatable bonds is 5. The van der Waals surface area contributed by atoms with E-state index in [0.29, 0.717) is 32.4 Å². The molecule has 0 aliphatic carbocycles. The van der Waals surface area contributed by atoms with Crippen molar-refractivity contribution < 1.29 is 19.8 Å². The van der Waals surface area contributed by atoms with E-state index in [2.05, 4.69) is 0 Å². The van der Waals surface area contributed by atoms with E-state index in [9.17, 15) is 14.7 Å². The summed E-state index contributed by atoms with van der Waals surface area (Å²) < 4.78 is 0. The molecule has 2 unspecified atom stereocenters. The number of nitrogens with zero attached hydrogens (tertiary/aromatic N) is 2. The number of carboxylic acid groups (broad SMARTS) is 1. The lowest BCUT2D eigenvalue weighted by molar-refractivity contribution is -0.148. The molecule has 2 aliphatic heterocycles. The Hall–Kier alpha value is -1.30. The number of carbonyl (C=O) groups is 2. The number of hydrogen-bond acceptors (Lipinski definition) is 3. The van der Waals surface area contributed by atoms with Gasteiger partial charge in [-0.25, -0.2) is 4.79 Å².